The zero-order valence-corrected chi connectivity index (χ0v) is 22.0. The Bertz CT molecular complexity index is 649. The highest BCUT2D eigenvalue weighted by molar-refractivity contribution is 9.10. The summed E-state index contributed by atoms with van der Waals surface area (Å²) in [5.74, 6) is 0. The number of halogens is 1. The van der Waals surface area contributed by atoms with Crippen molar-refractivity contribution in [3.8, 4) is 0 Å². The van der Waals surface area contributed by atoms with Gasteiger partial charge in [0.25, 0.3) is 6.55 Å². The molecule has 6 heteroatoms. The van der Waals surface area contributed by atoms with Crippen LogP contribution in [0.1, 0.15) is 54.9 Å². The highest BCUT2D eigenvalue weighted by Gasteiger charge is 2.55. The van der Waals surface area contributed by atoms with E-state index in [0.29, 0.717) is 0 Å². The van der Waals surface area contributed by atoms with E-state index >= 15 is 0 Å². The van der Waals surface area contributed by atoms with Gasteiger partial charge < -0.3 is 13.7 Å². The van der Waals surface area contributed by atoms with Gasteiger partial charge >= 0.3 is 0 Å². The second-order valence-corrected chi connectivity index (χ2v) is 16.9. The van der Waals surface area contributed by atoms with Gasteiger partial charge in [-0.15, -0.1) is 15.9 Å². The van der Waals surface area contributed by atoms with Crippen molar-refractivity contribution in [2.75, 3.05) is 0 Å². The summed E-state index contributed by atoms with van der Waals surface area (Å²) in [5.41, 5.74) is 0.338. The first-order valence-corrected chi connectivity index (χ1v) is 14.7. The van der Waals surface area contributed by atoms with Gasteiger partial charge in [0.05, 0.1) is 0 Å². The standard InChI is InChI=1S/C22H39BBrO3Si/c1-20(2,3)18(25-28(8,9)10)16-19(24)23(17-14-12-11-13-15-17)26-21(4,5)22(6,7)27-23/h11-15,18-19H,16H2,1-10H3/q-1/t18-,19-/m0/s1. The number of hydrogen-bond acceptors (Lipinski definition) is 3. The lowest BCUT2D eigenvalue weighted by atomic mass is 9.47. The third-order valence-corrected chi connectivity index (χ3v) is 8.09. The number of hydrogen-bond donors (Lipinski definition) is 0. The molecule has 0 aliphatic carbocycles. The molecular formula is C22H39BBrO3Si-. The first-order chi connectivity index (χ1) is 12.5. The summed E-state index contributed by atoms with van der Waals surface area (Å²) >= 11 is 4.02. The predicted octanol–water partition coefficient (Wildman–Crippen LogP) is 5.90. The van der Waals surface area contributed by atoms with Crippen molar-refractivity contribution in [3.63, 3.8) is 0 Å². The molecule has 2 atom stereocenters. The van der Waals surface area contributed by atoms with E-state index in [-0.39, 0.29) is 16.2 Å². The van der Waals surface area contributed by atoms with Crippen LogP contribution in [0, 0.1) is 5.41 Å². The van der Waals surface area contributed by atoms with E-state index in [2.05, 4.69) is 108 Å². The van der Waals surface area contributed by atoms with E-state index in [1.807, 2.05) is 6.07 Å². The lowest BCUT2D eigenvalue weighted by Gasteiger charge is -2.46. The van der Waals surface area contributed by atoms with E-state index in [0.717, 1.165) is 11.9 Å². The molecule has 1 aliphatic rings. The molecule has 0 unspecified atom stereocenters. The molecule has 1 heterocycles. The molecule has 1 aromatic rings. The fourth-order valence-electron chi connectivity index (χ4n) is 3.79. The predicted molar refractivity (Wildman–Crippen MR) is 127 cm³/mol. The van der Waals surface area contributed by atoms with Crippen molar-refractivity contribution in [1.29, 1.82) is 0 Å². The van der Waals surface area contributed by atoms with Gasteiger partial charge in [0.15, 0.2) is 8.32 Å². The molecule has 2 rings (SSSR count). The third kappa shape index (κ3) is 5.12. The SMILES string of the molecule is CC(C)(C)[C@H](C[C@H](Br)[B-]1(c2ccccc2)OC(C)(C)C(C)(C)O1)O[Si](C)(C)C. The Balaban J connectivity index is 2.45. The Labute approximate surface area is 182 Å². The Hall–Kier alpha value is -0.138. The topological polar surface area (TPSA) is 27.7 Å². The van der Waals surface area contributed by atoms with Crippen LogP contribution in [0.15, 0.2) is 30.3 Å². The quantitative estimate of drug-likeness (QED) is 0.383. The van der Waals surface area contributed by atoms with Gasteiger partial charge in [-0.1, -0.05) is 55.8 Å². The largest absolute Gasteiger partial charge is 0.557 e. The highest BCUT2D eigenvalue weighted by Crippen LogP contribution is 2.46. The molecule has 28 heavy (non-hydrogen) atoms. The Morgan fingerprint density at radius 2 is 1.46 bits per heavy atom. The molecule has 1 fully saturated rings. The molecule has 1 aliphatic heterocycles. The summed E-state index contributed by atoms with van der Waals surface area (Å²) in [7, 11) is -1.69. The molecule has 0 spiro atoms. The van der Waals surface area contributed by atoms with Crippen molar-refractivity contribution in [1.82, 2.24) is 0 Å². The van der Waals surface area contributed by atoms with Crippen LogP contribution in [0.4, 0.5) is 0 Å². The van der Waals surface area contributed by atoms with E-state index in [1.54, 1.807) is 0 Å². The Kier molecular flexibility index (Phi) is 6.76. The van der Waals surface area contributed by atoms with Crippen molar-refractivity contribution in [2.45, 2.75) is 96.6 Å². The number of benzene rings is 1. The summed E-state index contributed by atoms with van der Waals surface area (Å²) in [4.78, 5) is 0. The molecular weight excluding hydrogens is 431 g/mol. The minimum absolute atomic E-state index is 0.0107. The summed E-state index contributed by atoms with van der Waals surface area (Å²) < 4.78 is 20.2. The van der Waals surface area contributed by atoms with E-state index < -0.39 is 26.1 Å². The second-order valence-electron chi connectivity index (χ2n) is 11.3. The number of alkyl halides is 1. The van der Waals surface area contributed by atoms with Crippen molar-refractivity contribution >= 4 is 36.3 Å². The van der Waals surface area contributed by atoms with Crippen LogP contribution >= 0.6 is 15.9 Å². The fraction of sp³-hybridized carbons (Fsp3) is 0.727. The average Bonchev–Trinajstić information content (AvgIpc) is 2.71. The Morgan fingerprint density at radius 3 is 1.86 bits per heavy atom. The van der Waals surface area contributed by atoms with E-state index in [4.69, 9.17) is 13.7 Å². The highest BCUT2D eigenvalue weighted by atomic mass is 79.9. The summed E-state index contributed by atoms with van der Waals surface area (Å²) in [6.45, 7) is 20.3. The zero-order valence-electron chi connectivity index (χ0n) is 19.4. The Morgan fingerprint density at radius 1 is 1.00 bits per heavy atom. The first-order valence-electron chi connectivity index (χ1n) is 10.4. The number of rotatable bonds is 6. The monoisotopic (exact) mass is 469 g/mol. The van der Waals surface area contributed by atoms with Gasteiger partial charge in [-0.25, -0.2) is 0 Å². The normalized spacial score (nSPS) is 23.4. The van der Waals surface area contributed by atoms with Gasteiger partial charge in [-0.2, -0.15) is 5.46 Å². The van der Waals surface area contributed by atoms with Crippen LogP contribution in [0.25, 0.3) is 0 Å². The van der Waals surface area contributed by atoms with Gasteiger partial charge in [-0.05, 0) is 59.2 Å². The zero-order chi connectivity index (χ0) is 21.6. The molecule has 160 valence electrons. The summed E-state index contributed by atoms with van der Waals surface area (Å²) in [5, 5.41) is 0. The fourth-order valence-corrected chi connectivity index (χ4v) is 5.95. The van der Waals surface area contributed by atoms with E-state index in [9.17, 15) is 0 Å². The van der Waals surface area contributed by atoms with Crippen molar-refractivity contribution in [2.24, 2.45) is 5.41 Å². The smallest absolute Gasteiger partial charge is 0.283 e. The maximum absolute atomic E-state index is 6.79. The van der Waals surface area contributed by atoms with Gasteiger partial charge in [0, 0.05) is 17.3 Å². The lowest BCUT2D eigenvalue weighted by Crippen LogP contribution is -2.60. The summed E-state index contributed by atoms with van der Waals surface area (Å²) in [6, 6.07) is 10.4. The molecule has 1 aromatic carbocycles. The van der Waals surface area contributed by atoms with Crippen LogP contribution in [-0.2, 0) is 13.7 Å². The van der Waals surface area contributed by atoms with Crippen LogP contribution in [0.2, 0.25) is 19.6 Å². The maximum atomic E-state index is 6.79. The van der Waals surface area contributed by atoms with Crippen molar-refractivity contribution < 1.29 is 13.7 Å². The average molecular weight is 470 g/mol. The van der Waals surface area contributed by atoms with Gasteiger partial charge in [0.1, 0.15) is 0 Å². The van der Waals surface area contributed by atoms with Crippen LogP contribution in [0.3, 0.4) is 0 Å². The van der Waals surface area contributed by atoms with Crippen LogP contribution in [-0.4, -0.2) is 36.9 Å². The summed E-state index contributed by atoms with van der Waals surface area (Å²) in [6.07, 6.45) is 0.944. The molecule has 0 amide bonds. The van der Waals surface area contributed by atoms with Gasteiger partial charge in [0.2, 0.25) is 0 Å². The van der Waals surface area contributed by atoms with Crippen LogP contribution in [0.5, 0.6) is 0 Å². The minimum atomic E-state index is -1.71. The molecule has 1 saturated heterocycles. The first kappa shape index (κ1) is 24.1. The lowest BCUT2D eigenvalue weighted by molar-refractivity contribution is 0.00578. The van der Waals surface area contributed by atoms with Crippen molar-refractivity contribution in [3.05, 3.63) is 30.3 Å². The molecule has 0 radical (unpaired) electrons. The maximum Gasteiger partial charge on any atom is 0.283 e. The van der Waals surface area contributed by atoms with E-state index in [1.165, 1.54) is 0 Å². The molecule has 0 bridgehead atoms. The molecule has 3 nitrogen and oxygen atoms in total. The third-order valence-electron chi connectivity index (χ3n) is 6.03. The van der Waals surface area contributed by atoms with Gasteiger partial charge in [-0.3, -0.25) is 0 Å². The minimum Gasteiger partial charge on any atom is -0.557 e. The molecule has 0 N–H and O–H groups in total. The second kappa shape index (κ2) is 7.84. The molecule has 0 saturated carbocycles. The van der Waals surface area contributed by atoms with Crippen LogP contribution < -0.4 is 5.46 Å². The molecule has 0 aromatic heterocycles.